The average molecular weight is 183 g/mol. The molecule has 1 rings (SSSR count). The van der Waals surface area contributed by atoms with Gasteiger partial charge in [-0.3, -0.25) is 0 Å². The van der Waals surface area contributed by atoms with Crippen molar-refractivity contribution in [3.63, 3.8) is 0 Å². The normalized spacial score (nSPS) is 15.6. The minimum absolute atomic E-state index is 0.522. The van der Waals surface area contributed by atoms with E-state index in [1.807, 2.05) is 0 Å². The van der Waals surface area contributed by atoms with E-state index in [1.54, 1.807) is 25.3 Å². The van der Waals surface area contributed by atoms with Gasteiger partial charge < -0.3 is 14.8 Å². The summed E-state index contributed by atoms with van der Waals surface area (Å²) in [6, 6.07) is 3.57. The van der Waals surface area contributed by atoms with Gasteiger partial charge in [0.25, 0.3) is 0 Å². The molecule has 13 heavy (non-hydrogen) atoms. The highest BCUT2D eigenvalue weighted by atomic mass is 16.4. The maximum Gasteiger partial charge on any atom is 0.136 e. The van der Waals surface area contributed by atoms with E-state index >= 15 is 0 Å². The second-order valence-corrected chi connectivity index (χ2v) is 3.43. The number of nitrogens with one attached hydrogen (secondary N) is 1. The molecule has 2 N–H and O–H groups in total. The average Bonchev–Trinajstić information content (AvgIpc) is 2.56. The Morgan fingerprint density at radius 1 is 1.62 bits per heavy atom. The van der Waals surface area contributed by atoms with Crippen molar-refractivity contribution in [2.24, 2.45) is 0 Å². The highest BCUT2D eigenvalue weighted by Crippen LogP contribution is 2.19. The summed E-state index contributed by atoms with van der Waals surface area (Å²) in [6.07, 6.45) is 2.64. The zero-order valence-corrected chi connectivity index (χ0v) is 8.21. The van der Waals surface area contributed by atoms with Crippen LogP contribution in [0.15, 0.2) is 22.8 Å². The van der Waals surface area contributed by atoms with Crippen LogP contribution in [0.5, 0.6) is 0 Å². The molecule has 1 atom stereocenters. The van der Waals surface area contributed by atoms with Crippen LogP contribution in [0.3, 0.4) is 0 Å². The second kappa shape index (κ2) is 4.44. The van der Waals surface area contributed by atoms with Crippen molar-refractivity contribution in [3.8, 4) is 0 Å². The van der Waals surface area contributed by atoms with Crippen LogP contribution in [0, 0.1) is 0 Å². The van der Waals surface area contributed by atoms with Crippen molar-refractivity contribution in [2.75, 3.05) is 13.1 Å². The molecule has 0 aliphatic rings. The third kappa shape index (κ3) is 2.86. The van der Waals surface area contributed by atoms with Gasteiger partial charge in [-0.05, 0) is 32.0 Å². The van der Waals surface area contributed by atoms with Crippen LogP contribution < -0.4 is 5.32 Å². The Kier molecular flexibility index (Phi) is 3.51. The summed E-state index contributed by atoms with van der Waals surface area (Å²) in [5, 5.41) is 13.1. The van der Waals surface area contributed by atoms with Crippen LogP contribution in [-0.2, 0) is 5.60 Å². The molecule has 0 bridgehead atoms. The lowest BCUT2D eigenvalue weighted by Crippen LogP contribution is -2.35. The minimum atomic E-state index is -0.904. The quantitative estimate of drug-likeness (QED) is 0.680. The van der Waals surface area contributed by atoms with E-state index in [1.165, 1.54) is 0 Å². The number of furan rings is 1. The molecule has 0 fully saturated rings. The molecule has 0 radical (unpaired) electrons. The second-order valence-electron chi connectivity index (χ2n) is 3.43. The Hall–Kier alpha value is -0.800. The van der Waals surface area contributed by atoms with Gasteiger partial charge in [-0.2, -0.15) is 0 Å². The lowest BCUT2D eigenvalue weighted by Gasteiger charge is -2.20. The predicted molar refractivity (Wildman–Crippen MR) is 51.4 cm³/mol. The Balaban J connectivity index is 2.46. The summed E-state index contributed by atoms with van der Waals surface area (Å²) in [5.74, 6) is 0.608. The van der Waals surface area contributed by atoms with Gasteiger partial charge in [-0.15, -0.1) is 0 Å². The Labute approximate surface area is 78.8 Å². The van der Waals surface area contributed by atoms with Crippen molar-refractivity contribution in [2.45, 2.75) is 25.9 Å². The van der Waals surface area contributed by atoms with Crippen LogP contribution in [-0.4, -0.2) is 18.2 Å². The van der Waals surface area contributed by atoms with E-state index in [4.69, 9.17) is 4.42 Å². The summed E-state index contributed by atoms with van der Waals surface area (Å²) in [4.78, 5) is 0. The molecule has 1 aromatic heterocycles. The summed E-state index contributed by atoms with van der Waals surface area (Å²) in [5.41, 5.74) is -0.904. The molecule has 0 aliphatic carbocycles. The van der Waals surface area contributed by atoms with Crippen LogP contribution in [0.1, 0.15) is 26.0 Å². The van der Waals surface area contributed by atoms with Gasteiger partial charge in [0.1, 0.15) is 11.4 Å². The third-order valence-electron chi connectivity index (χ3n) is 1.95. The van der Waals surface area contributed by atoms with E-state index in [-0.39, 0.29) is 0 Å². The first-order chi connectivity index (χ1) is 6.17. The monoisotopic (exact) mass is 183 g/mol. The molecule has 74 valence electrons. The number of hydrogen-bond donors (Lipinski definition) is 2. The maximum absolute atomic E-state index is 9.95. The summed E-state index contributed by atoms with van der Waals surface area (Å²) >= 11 is 0. The first-order valence-electron chi connectivity index (χ1n) is 4.64. The Bertz CT molecular complexity index is 229. The Morgan fingerprint density at radius 3 is 2.92 bits per heavy atom. The van der Waals surface area contributed by atoms with Crippen molar-refractivity contribution in [1.82, 2.24) is 5.32 Å². The van der Waals surface area contributed by atoms with Gasteiger partial charge in [0.15, 0.2) is 0 Å². The number of rotatable bonds is 5. The van der Waals surface area contributed by atoms with E-state index in [0.29, 0.717) is 12.3 Å². The van der Waals surface area contributed by atoms with Gasteiger partial charge in [0, 0.05) is 6.54 Å². The molecule has 0 saturated carbocycles. The molecule has 0 saturated heterocycles. The van der Waals surface area contributed by atoms with E-state index in [9.17, 15) is 5.11 Å². The van der Waals surface area contributed by atoms with E-state index in [0.717, 1.165) is 13.0 Å². The molecule has 0 amide bonds. The van der Waals surface area contributed by atoms with Gasteiger partial charge >= 0.3 is 0 Å². The zero-order chi connectivity index (χ0) is 9.73. The van der Waals surface area contributed by atoms with Crippen LogP contribution in [0.4, 0.5) is 0 Å². The molecule has 3 heteroatoms. The number of aliphatic hydroxyl groups is 1. The molecular formula is C10H17NO2. The zero-order valence-electron chi connectivity index (χ0n) is 8.21. The molecule has 0 aromatic carbocycles. The lowest BCUT2D eigenvalue weighted by molar-refractivity contribution is 0.0345. The highest BCUT2D eigenvalue weighted by Gasteiger charge is 2.25. The van der Waals surface area contributed by atoms with E-state index in [2.05, 4.69) is 12.2 Å². The smallest absolute Gasteiger partial charge is 0.136 e. The molecular weight excluding hydrogens is 166 g/mol. The number of hydrogen-bond acceptors (Lipinski definition) is 3. The van der Waals surface area contributed by atoms with Crippen molar-refractivity contribution < 1.29 is 9.52 Å². The first-order valence-corrected chi connectivity index (χ1v) is 4.64. The molecule has 1 heterocycles. The van der Waals surface area contributed by atoms with Gasteiger partial charge in [0.2, 0.25) is 0 Å². The van der Waals surface area contributed by atoms with Gasteiger partial charge in [-0.25, -0.2) is 0 Å². The lowest BCUT2D eigenvalue weighted by atomic mass is 10.0. The predicted octanol–water partition coefficient (Wildman–Crippen LogP) is 1.49. The van der Waals surface area contributed by atoms with Crippen LogP contribution >= 0.6 is 0 Å². The fourth-order valence-corrected chi connectivity index (χ4v) is 1.18. The van der Waals surface area contributed by atoms with Crippen molar-refractivity contribution >= 4 is 0 Å². The topological polar surface area (TPSA) is 45.4 Å². The molecule has 0 aliphatic heterocycles. The highest BCUT2D eigenvalue weighted by molar-refractivity contribution is 5.08. The minimum Gasteiger partial charge on any atom is -0.466 e. The van der Waals surface area contributed by atoms with Gasteiger partial charge in [-0.1, -0.05) is 6.92 Å². The van der Waals surface area contributed by atoms with Gasteiger partial charge in [0.05, 0.1) is 6.26 Å². The molecule has 1 aromatic rings. The molecule has 3 nitrogen and oxygen atoms in total. The largest absolute Gasteiger partial charge is 0.466 e. The third-order valence-corrected chi connectivity index (χ3v) is 1.95. The summed E-state index contributed by atoms with van der Waals surface area (Å²) in [6.45, 7) is 5.27. The SMILES string of the molecule is CCCNCC(C)(O)c1ccco1. The van der Waals surface area contributed by atoms with Crippen molar-refractivity contribution in [1.29, 1.82) is 0 Å². The Morgan fingerprint density at radius 2 is 2.38 bits per heavy atom. The standard InChI is InChI=1S/C10H17NO2/c1-3-6-11-8-10(2,12)9-5-4-7-13-9/h4-5,7,11-12H,3,6,8H2,1-2H3. The van der Waals surface area contributed by atoms with Crippen LogP contribution in [0.25, 0.3) is 0 Å². The molecule has 0 spiro atoms. The van der Waals surface area contributed by atoms with Crippen molar-refractivity contribution in [3.05, 3.63) is 24.2 Å². The fourth-order valence-electron chi connectivity index (χ4n) is 1.18. The fraction of sp³-hybridized carbons (Fsp3) is 0.600. The van der Waals surface area contributed by atoms with Crippen LogP contribution in [0.2, 0.25) is 0 Å². The maximum atomic E-state index is 9.95. The molecule has 1 unspecified atom stereocenters. The first kappa shape index (κ1) is 10.3. The summed E-state index contributed by atoms with van der Waals surface area (Å²) < 4.78 is 5.14. The van der Waals surface area contributed by atoms with E-state index < -0.39 is 5.60 Å². The summed E-state index contributed by atoms with van der Waals surface area (Å²) in [7, 11) is 0.